The van der Waals surface area contributed by atoms with Gasteiger partial charge >= 0.3 is 0 Å². The number of nitrogens with zero attached hydrogens (tertiary/aromatic N) is 1. The van der Waals surface area contributed by atoms with E-state index in [9.17, 15) is 15.2 Å². The summed E-state index contributed by atoms with van der Waals surface area (Å²) in [6.45, 7) is 14.4. The van der Waals surface area contributed by atoms with Crippen molar-refractivity contribution in [2.75, 3.05) is 7.11 Å². The van der Waals surface area contributed by atoms with Gasteiger partial charge in [0.05, 0.1) is 18.8 Å². The van der Waals surface area contributed by atoms with Gasteiger partial charge in [0.25, 0.3) is 6.47 Å². The normalized spacial score (nSPS) is 43.6. The number of ether oxygens (including phenoxy) is 1. The van der Waals surface area contributed by atoms with Crippen molar-refractivity contribution in [1.82, 2.24) is 0 Å². The van der Waals surface area contributed by atoms with Crippen molar-refractivity contribution in [3.05, 3.63) is 23.0 Å². The molecule has 0 bridgehead atoms. The van der Waals surface area contributed by atoms with Crippen molar-refractivity contribution in [3.8, 4) is 6.07 Å². The molecule has 8 atom stereocenters. The van der Waals surface area contributed by atoms with E-state index >= 15 is 0 Å². The molecule has 5 nitrogen and oxygen atoms in total. The van der Waals surface area contributed by atoms with Crippen LogP contribution in [0.25, 0.3) is 0 Å². The van der Waals surface area contributed by atoms with Crippen LogP contribution in [0.3, 0.4) is 0 Å². The summed E-state index contributed by atoms with van der Waals surface area (Å²) in [5.41, 5.74) is 2.27. The molecule has 0 spiro atoms. The molecule has 0 aromatic heterocycles. The zero-order chi connectivity index (χ0) is 26.7. The Labute approximate surface area is 224 Å². The largest absolute Gasteiger partial charge is 0.511 e. The Morgan fingerprint density at radius 2 is 1.65 bits per heavy atom. The highest BCUT2D eigenvalue weighted by atomic mass is 16.5. The van der Waals surface area contributed by atoms with Gasteiger partial charge in [0.15, 0.2) is 5.78 Å². The molecule has 37 heavy (non-hydrogen) atoms. The number of methoxy groups -OCH3 is 1. The molecular formula is C32H49NO4. The number of hydrogen-bond donors (Lipinski definition) is 1. The molecule has 5 rings (SSSR count). The highest BCUT2D eigenvalue weighted by Crippen LogP contribution is 2.70. The second-order valence-corrected chi connectivity index (χ2v) is 14.0. The van der Waals surface area contributed by atoms with E-state index in [1.165, 1.54) is 38.4 Å². The Bertz CT molecular complexity index is 1030. The Balaban J connectivity index is 0.000000711. The average Bonchev–Trinajstić information content (AvgIpc) is 2.83. The summed E-state index contributed by atoms with van der Waals surface area (Å²) >= 11 is 0. The van der Waals surface area contributed by atoms with Crippen LogP contribution in [0.2, 0.25) is 0 Å². The fourth-order valence-electron chi connectivity index (χ4n) is 9.44. The average molecular weight is 512 g/mol. The van der Waals surface area contributed by atoms with Gasteiger partial charge < -0.3 is 9.84 Å². The molecule has 3 saturated carbocycles. The Morgan fingerprint density at radius 3 is 2.24 bits per heavy atom. The first kappa shape index (κ1) is 29.5. The summed E-state index contributed by atoms with van der Waals surface area (Å²) in [5, 5.41) is 20.4. The third-order valence-electron chi connectivity index (χ3n) is 11.5. The molecule has 0 saturated heterocycles. The number of allylic oxidation sites excluding steroid dienone is 4. The lowest BCUT2D eigenvalue weighted by atomic mass is 9.39. The van der Waals surface area contributed by atoms with Crippen LogP contribution < -0.4 is 0 Å². The van der Waals surface area contributed by atoms with E-state index in [0.717, 1.165) is 19.3 Å². The zero-order valence-corrected chi connectivity index (χ0v) is 23.3. The highest BCUT2D eigenvalue weighted by Gasteiger charge is 2.63. The van der Waals surface area contributed by atoms with Crippen molar-refractivity contribution < 1.29 is 19.4 Å². The second-order valence-electron chi connectivity index (χ2n) is 14.0. The van der Waals surface area contributed by atoms with E-state index in [1.54, 1.807) is 0 Å². The lowest BCUT2D eigenvalue weighted by Crippen LogP contribution is -2.59. The van der Waals surface area contributed by atoms with E-state index in [0.29, 0.717) is 52.8 Å². The van der Waals surface area contributed by atoms with Crippen LogP contribution >= 0.6 is 0 Å². The van der Waals surface area contributed by atoms with Crippen LogP contribution in [0.5, 0.6) is 0 Å². The quantitative estimate of drug-likeness (QED) is 0.367. The topological polar surface area (TPSA) is 87.4 Å². The summed E-state index contributed by atoms with van der Waals surface area (Å²) in [7, 11) is 1.31. The monoisotopic (exact) mass is 511 g/mol. The van der Waals surface area contributed by atoms with E-state index < -0.39 is 0 Å². The number of rotatable bonds is 1. The standard InChI is InChI=1S/C29H41NO2.C2H4O2.CH4/c1-17-19-8-10-28(5)20-7-9-27(4)12-11-26(2,3)15-21(27)24(20)22(31)13-23(28)29(19,6)14-18(16-30)25(17)32;1-4-2-3;/h13,17,19-21,24,32H,7-12,14-15H2,1-6H3;2H,1H3;1H4. The Morgan fingerprint density at radius 1 is 1.03 bits per heavy atom. The van der Waals surface area contributed by atoms with Gasteiger partial charge in [0.1, 0.15) is 5.76 Å². The van der Waals surface area contributed by atoms with E-state index in [2.05, 4.69) is 58.4 Å². The third kappa shape index (κ3) is 4.47. The first-order valence-corrected chi connectivity index (χ1v) is 13.8. The summed E-state index contributed by atoms with van der Waals surface area (Å²) in [6, 6.07) is 2.29. The number of carbonyl (C=O) groups is 2. The van der Waals surface area contributed by atoms with E-state index in [-0.39, 0.29) is 35.9 Å². The minimum atomic E-state index is -0.211. The fourth-order valence-corrected chi connectivity index (χ4v) is 9.44. The van der Waals surface area contributed by atoms with Gasteiger partial charge in [-0.05, 0) is 96.9 Å². The van der Waals surface area contributed by atoms with Crippen molar-refractivity contribution >= 4 is 12.3 Å². The summed E-state index contributed by atoms with van der Waals surface area (Å²) in [6.07, 6.45) is 10.9. The molecule has 0 heterocycles. The van der Waals surface area contributed by atoms with Crippen LogP contribution in [0.15, 0.2) is 23.0 Å². The minimum Gasteiger partial charge on any atom is -0.511 e. The van der Waals surface area contributed by atoms with Crippen LogP contribution in [-0.4, -0.2) is 24.5 Å². The summed E-state index contributed by atoms with van der Waals surface area (Å²) < 4.78 is 3.86. The van der Waals surface area contributed by atoms with Gasteiger partial charge in [-0.15, -0.1) is 0 Å². The molecule has 0 aliphatic heterocycles. The summed E-state index contributed by atoms with van der Waals surface area (Å²) in [4.78, 5) is 22.9. The lowest BCUT2D eigenvalue weighted by Gasteiger charge is -2.64. The first-order valence-electron chi connectivity index (χ1n) is 13.8. The highest BCUT2D eigenvalue weighted by molar-refractivity contribution is 5.95. The second kappa shape index (κ2) is 9.90. The number of carbonyl (C=O) groups excluding carboxylic acids is 2. The molecule has 5 aliphatic carbocycles. The van der Waals surface area contributed by atoms with Crippen LogP contribution in [0, 0.1) is 62.6 Å². The molecule has 0 amide bonds. The summed E-state index contributed by atoms with van der Waals surface area (Å²) in [5.74, 6) is 1.99. The van der Waals surface area contributed by atoms with Crippen molar-refractivity contribution in [3.63, 3.8) is 0 Å². The maximum atomic E-state index is 13.9. The van der Waals surface area contributed by atoms with Crippen molar-refractivity contribution in [2.24, 2.45) is 51.2 Å². The predicted octanol–water partition coefficient (Wildman–Crippen LogP) is 7.58. The van der Waals surface area contributed by atoms with Gasteiger partial charge in [0, 0.05) is 11.8 Å². The van der Waals surface area contributed by atoms with Crippen molar-refractivity contribution in [1.29, 1.82) is 5.26 Å². The molecule has 3 fully saturated rings. The maximum absolute atomic E-state index is 13.9. The molecule has 206 valence electrons. The zero-order valence-electron chi connectivity index (χ0n) is 23.3. The van der Waals surface area contributed by atoms with Gasteiger partial charge in [0.2, 0.25) is 0 Å². The Hall–Kier alpha value is -2.09. The number of nitriles is 1. The number of fused-ring (bicyclic) bond motifs is 7. The molecule has 8 unspecified atom stereocenters. The van der Waals surface area contributed by atoms with Gasteiger partial charge in [-0.3, -0.25) is 9.59 Å². The first-order chi connectivity index (χ1) is 16.8. The number of aliphatic hydroxyl groups excluding tert-OH is 1. The molecule has 0 radical (unpaired) electrons. The number of ketones is 1. The molecule has 0 aromatic rings. The third-order valence-corrected chi connectivity index (χ3v) is 11.5. The van der Waals surface area contributed by atoms with Gasteiger partial charge in [-0.1, -0.05) is 54.5 Å². The van der Waals surface area contributed by atoms with E-state index in [1.807, 2.05) is 0 Å². The molecule has 5 heteroatoms. The van der Waals surface area contributed by atoms with Crippen LogP contribution in [0.1, 0.15) is 100 Å². The fraction of sp³-hybridized carbons (Fsp3) is 0.781. The molecule has 0 aromatic carbocycles. The van der Waals surface area contributed by atoms with Gasteiger partial charge in [-0.2, -0.15) is 5.26 Å². The van der Waals surface area contributed by atoms with Crippen molar-refractivity contribution in [2.45, 2.75) is 100 Å². The molecule has 1 N–H and O–H groups in total. The van der Waals surface area contributed by atoms with Crippen LogP contribution in [0.4, 0.5) is 0 Å². The number of aliphatic hydroxyl groups is 1. The smallest absolute Gasteiger partial charge is 0.292 e. The van der Waals surface area contributed by atoms with Gasteiger partial charge in [-0.25, -0.2) is 0 Å². The predicted molar refractivity (Wildman–Crippen MR) is 146 cm³/mol. The van der Waals surface area contributed by atoms with Crippen LogP contribution in [-0.2, 0) is 14.3 Å². The SMILES string of the molecule is C.CC1C(O)=C(C#N)CC2(C)C3=CC(=O)C4C5CC(C)(C)CCC5(C)CCC4C3(C)CCC12.COC=O. The Kier molecular flexibility index (Phi) is 7.88. The minimum absolute atomic E-state index is 0. The number of hydrogen-bond acceptors (Lipinski definition) is 5. The molecule has 5 aliphatic rings. The van der Waals surface area contributed by atoms with E-state index in [4.69, 9.17) is 4.79 Å². The maximum Gasteiger partial charge on any atom is 0.292 e. The lowest BCUT2D eigenvalue weighted by molar-refractivity contribution is -0.144. The molecular weight excluding hydrogens is 462 g/mol.